The van der Waals surface area contributed by atoms with Gasteiger partial charge < -0.3 is 9.73 Å². The summed E-state index contributed by atoms with van der Waals surface area (Å²) in [6.07, 6.45) is 0.474. The summed E-state index contributed by atoms with van der Waals surface area (Å²) in [6.45, 7) is 0.367. The predicted molar refractivity (Wildman–Crippen MR) is 74.1 cm³/mol. The van der Waals surface area contributed by atoms with Crippen LogP contribution in [-0.4, -0.2) is 27.0 Å². The molecule has 0 saturated heterocycles. The summed E-state index contributed by atoms with van der Waals surface area (Å²) in [6, 6.07) is 4.47. The molecule has 0 saturated carbocycles. The van der Waals surface area contributed by atoms with Crippen LogP contribution in [0, 0.1) is 0 Å². The summed E-state index contributed by atoms with van der Waals surface area (Å²) in [7, 11) is 0. The van der Waals surface area contributed by atoms with Crippen molar-refractivity contribution < 1.29 is 22.8 Å². The van der Waals surface area contributed by atoms with Gasteiger partial charge in [0.15, 0.2) is 0 Å². The molecule has 0 bridgehead atoms. The average molecular weight is 324 g/mol. The van der Waals surface area contributed by atoms with Crippen LogP contribution in [0.4, 0.5) is 19.2 Å². The molecule has 0 fully saturated rings. The Balaban J connectivity index is 1.75. The lowest BCUT2D eigenvalue weighted by Gasteiger charge is -2.15. The molecule has 6 nitrogen and oxygen atoms in total. The number of aromatic nitrogens is 2. The first-order chi connectivity index (χ1) is 10.9. The smallest absolute Gasteiger partial charge is 0.403 e. The summed E-state index contributed by atoms with van der Waals surface area (Å²) in [5.41, 5.74) is 0.150. The molecule has 2 heterocycles. The first kappa shape index (κ1) is 15.1. The highest BCUT2D eigenvalue weighted by atomic mass is 19.4. The second-order valence-electron chi connectivity index (χ2n) is 4.72. The minimum Gasteiger partial charge on any atom is -0.403 e. The van der Waals surface area contributed by atoms with E-state index < -0.39 is 11.7 Å². The van der Waals surface area contributed by atoms with E-state index in [-0.39, 0.29) is 11.9 Å². The molecule has 1 aromatic carbocycles. The van der Waals surface area contributed by atoms with E-state index in [1.54, 1.807) is 12.2 Å². The van der Waals surface area contributed by atoms with E-state index in [4.69, 9.17) is 4.42 Å². The highest BCUT2D eigenvalue weighted by Gasteiger charge is 2.30. The van der Waals surface area contributed by atoms with Gasteiger partial charge in [0.25, 0.3) is 0 Å². The maximum atomic E-state index is 12.5. The zero-order chi connectivity index (χ0) is 16.4. The Labute approximate surface area is 128 Å². The highest BCUT2D eigenvalue weighted by molar-refractivity contribution is 5.54. The molecule has 1 aliphatic heterocycles. The number of hydrogen-bond acceptors (Lipinski definition) is 6. The normalized spacial score (nSPS) is 14.8. The first-order valence-electron chi connectivity index (χ1n) is 6.54. The molecule has 1 aromatic heterocycles. The largest absolute Gasteiger partial charge is 0.416 e. The third-order valence-electron chi connectivity index (χ3n) is 3.01. The third-order valence-corrected chi connectivity index (χ3v) is 3.01. The summed E-state index contributed by atoms with van der Waals surface area (Å²) < 4.78 is 42.9. The van der Waals surface area contributed by atoms with Gasteiger partial charge >= 0.3 is 12.2 Å². The number of hydroxylamine groups is 2. The van der Waals surface area contributed by atoms with Crippen molar-refractivity contribution in [3.63, 3.8) is 0 Å². The quantitative estimate of drug-likeness (QED) is 0.902. The standard InChI is InChI=1S/C14H11F3N4O2/c15-14(16,17)10-5-3-9(4-6-10)12-19-20-13(23-12)18-11-2-1-7-21(22)8-11/h1-6,8,22H,7H2,(H,18,20). The number of nitrogens with zero attached hydrogens (tertiary/aromatic N) is 3. The van der Waals surface area contributed by atoms with Crippen LogP contribution >= 0.6 is 0 Å². The predicted octanol–water partition coefficient (Wildman–Crippen LogP) is 3.27. The number of benzene rings is 1. The van der Waals surface area contributed by atoms with Crippen LogP contribution in [0.3, 0.4) is 0 Å². The van der Waals surface area contributed by atoms with Crippen LogP contribution in [0.2, 0.25) is 0 Å². The van der Waals surface area contributed by atoms with E-state index in [0.29, 0.717) is 17.8 Å². The maximum Gasteiger partial charge on any atom is 0.416 e. The van der Waals surface area contributed by atoms with Crippen LogP contribution in [-0.2, 0) is 6.18 Å². The molecule has 2 aromatic rings. The number of nitrogens with one attached hydrogen (secondary N) is 1. The fourth-order valence-corrected chi connectivity index (χ4v) is 1.93. The van der Waals surface area contributed by atoms with Gasteiger partial charge in [-0.1, -0.05) is 11.2 Å². The van der Waals surface area contributed by atoms with Crippen LogP contribution in [0.1, 0.15) is 5.56 Å². The molecular formula is C14H11F3N4O2. The van der Waals surface area contributed by atoms with E-state index in [2.05, 4.69) is 15.5 Å². The molecule has 0 unspecified atom stereocenters. The number of alkyl halides is 3. The molecular weight excluding hydrogens is 313 g/mol. The molecule has 3 rings (SSSR count). The minimum atomic E-state index is -4.39. The van der Waals surface area contributed by atoms with Gasteiger partial charge in [0, 0.05) is 5.56 Å². The third kappa shape index (κ3) is 3.51. The van der Waals surface area contributed by atoms with Gasteiger partial charge in [-0.15, -0.1) is 5.10 Å². The van der Waals surface area contributed by atoms with E-state index in [9.17, 15) is 18.4 Å². The van der Waals surface area contributed by atoms with Gasteiger partial charge in [0.05, 0.1) is 24.0 Å². The van der Waals surface area contributed by atoms with Crippen LogP contribution in [0.25, 0.3) is 11.5 Å². The van der Waals surface area contributed by atoms with Gasteiger partial charge in [-0.2, -0.15) is 13.2 Å². The van der Waals surface area contributed by atoms with E-state index in [1.165, 1.54) is 18.3 Å². The average Bonchev–Trinajstić information content (AvgIpc) is 2.95. The Morgan fingerprint density at radius 2 is 1.91 bits per heavy atom. The van der Waals surface area contributed by atoms with E-state index in [0.717, 1.165) is 17.2 Å². The van der Waals surface area contributed by atoms with Crippen molar-refractivity contribution in [3.8, 4) is 11.5 Å². The van der Waals surface area contributed by atoms with Gasteiger partial charge in [0.2, 0.25) is 5.89 Å². The van der Waals surface area contributed by atoms with E-state index >= 15 is 0 Å². The van der Waals surface area contributed by atoms with Crippen molar-refractivity contribution in [1.29, 1.82) is 0 Å². The molecule has 1 aliphatic rings. The molecule has 0 radical (unpaired) electrons. The number of anilines is 1. The van der Waals surface area contributed by atoms with E-state index in [1.807, 2.05) is 0 Å². The second-order valence-corrected chi connectivity index (χ2v) is 4.72. The summed E-state index contributed by atoms with van der Waals surface area (Å²) in [4.78, 5) is 0. The Kier molecular flexibility index (Phi) is 3.78. The van der Waals surface area contributed by atoms with Crippen molar-refractivity contribution in [1.82, 2.24) is 15.3 Å². The molecule has 120 valence electrons. The Morgan fingerprint density at radius 1 is 1.17 bits per heavy atom. The molecule has 23 heavy (non-hydrogen) atoms. The SMILES string of the molecule is ON1C=C(Nc2nnc(-c3ccc(C(F)(F)F)cc3)o2)C=CC1. The molecule has 0 aliphatic carbocycles. The molecule has 2 N–H and O–H groups in total. The van der Waals surface area contributed by atoms with Gasteiger partial charge in [-0.3, -0.25) is 10.3 Å². The van der Waals surface area contributed by atoms with Crippen molar-refractivity contribution in [3.05, 3.63) is 53.9 Å². The summed E-state index contributed by atoms with van der Waals surface area (Å²) >= 11 is 0. The van der Waals surface area contributed by atoms with Crippen molar-refractivity contribution >= 4 is 6.01 Å². The summed E-state index contributed by atoms with van der Waals surface area (Å²) in [5, 5.41) is 20.6. The Morgan fingerprint density at radius 3 is 2.57 bits per heavy atom. The van der Waals surface area contributed by atoms with Crippen molar-refractivity contribution in [2.45, 2.75) is 6.18 Å². The van der Waals surface area contributed by atoms with Crippen molar-refractivity contribution in [2.24, 2.45) is 0 Å². The van der Waals surface area contributed by atoms with Crippen molar-refractivity contribution in [2.75, 3.05) is 11.9 Å². The Bertz CT molecular complexity index is 750. The molecule has 0 amide bonds. The van der Waals surface area contributed by atoms with Crippen LogP contribution < -0.4 is 5.32 Å². The zero-order valence-electron chi connectivity index (χ0n) is 11.6. The van der Waals surface area contributed by atoms with Crippen LogP contribution in [0.15, 0.2) is 52.7 Å². The molecule has 0 atom stereocenters. The highest BCUT2D eigenvalue weighted by Crippen LogP contribution is 2.31. The monoisotopic (exact) mass is 324 g/mol. The van der Waals surface area contributed by atoms with Crippen LogP contribution in [0.5, 0.6) is 0 Å². The Hall–Kier alpha value is -2.81. The van der Waals surface area contributed by atoms with Gasteiger partial charge in [0.1, 0.15) is 0 Å². The first-order valence-corrected chi connectivity index (χ1v) is 6.54. The fraction of sp³-hybridized carbons (Fsp3) is 0.143. The van der Waals surface area contributed by atoms with Gasteiger partial charge in [-0.25, -0.2) is 0 Å². The molecule has 0 spiro atoms. The molecule has 9 heteroatoms. The zero-order valence-corrected chi connectivity index (χ0v) is 11.6. The maximum absolute atomic E-state index is 12.5. The fourth-order valence-electron chi connectivity index (χ4n) is 1.93. The lowest BCUT2D eigenvalue weighted by molar-refractivity contribution is -0.137. The number of rotatable bonds is 3. The number of hydrogen-bond donors (Lipinski definition) is 2. The number of allylic oxidation sites excluding steroid dienone is 1. The lowest BCUT2D eigenvalue weighted by atomic mass is 10.1. The topological polar surface area (TPSA) is 74.4 Å². The van der Waals surface area contributed by atoms with Gasteiger partial charge in [-0.05, 0) is 30.3 Å². The second kappa shape index (κ2) is 5.76. The lowest BCUT2D eigenvalue weighted by Crippen LogP contribution is -2.17. The summed E-state index contributed by atoms with van der Waals surface area (Å²) in [5.74, 6) is 0.0856. The minimum absolute atomic E-state index is 0.0612. The number of halogens is 3.